The average molecular weight is 161 g/mol. The maximum Gasteiger partial charge on any atom is 0.134 e. The molecule has 0 N–H and O–H groups in total. The van der Waals surface area contributed by atoms with Crippen molar-refractivity contribution in [2.75, 3.05) is 7.11 Å². The molecule has 2 nitrogen and oxygen atoms in total. The van der Waals surface area contributed by atoms with Crippen molar-refractivity contribution in [3.8, 4) is 5.75 Å². The molecule has 0 amide bonds. The number of rotatable bonds is 1. The van der Waals surface area contributed by atoms with E-state index in [4.69, 9.17) is 9.15 Å². The van der Waals surface area contributed by atoms with E-state index in [1.54, 1.807) is 7.11 Å². The molecule has 2 rings (SSSR count). The van der Waals surface area contributed by atoms with Crippen LogP contribution in [0.1, 0.15) is 5.76 Å². The van der Waals surface area contributed by atoms with Crippen molar-refractivity contribution in [2.24, 2.45) is 0 Å². The normalized spacial score (nSPS) is 10.5. The van der Waals surface area contributed by atoms with Gasteiger partial charge in [0, 0.05) is 12.3 Å². The first-order valence-corrected chi connectivity index (χ1v) is 3.69. The van der Waals surface area contributed by atoms with Gasteiger partial charge in [0.05, 0.1) is 7.11 Å². The molecule has 0 atom stereocenters. The molecular formula is C10H9O2. The van der Waals surface area contributed by atoms with E-state index < -0.39 is 0 Å². The lowest BCUT2D eigenvalue weighted by atomic mass is 10.2. The molecule has 1 aromatic heterocycles. The third-order valence-corrected chi connectivity index (χ3v) is 1.77. The fraction of sp³-hybridized carbons (Fsp3) is 0.100. The minimum absolute atomic E-state index is 0.679. The molecule has 12 heavy (non-hydrogen) atoms. The Morgan fingerprint density at radius 2 is 2.17 bits per heavy atom. The van der Waals surface area contributed by atoms with Gasteiger partial charge in [0.1, 0.15) is 17.1 Å². The molecule has 0 bridgehead atoms. The van der Waals surface area contributed by atoms with E-state index in [0.29, 0.717) is 5.76 Å². The van der Waals surface area contributed by atoms with Gasteiger partial charge in [0.25, 0.3) is 0 Å². The number of hydrogen-bond acceptors (Lipinski definition) is 2. The van der Waals surface area contributed by atoms with Gasteiger partial charge in [0.15, 0.2) is 0 Å². The number of hydrogen-bond donors (Lipinski definition) is 0. The summed E-state index contributed by atoms with van der Waals surface area (Å²) < 4.78 is 10.4. The molecule has 2 aromatic rings. The summed E-state index contributed by atoms with van der Waals surface area (Å²) in [5.74, 6) is 1.52. The Hall–Kier alpha value is -1.44. The van der Waals surface area contributed by atoms with Crippen molar-refractivity contribution in [1.82, 2.24) is 0 Å². The quantitative estimate of drug-likeness (QED) is 0.641. The molecule has 2 heteroatoms. The second-order valence-corrected chi connectivity index (χ2v) is 2.62. The lowest BCUT2D eigenvalue weighted by molar-refractivity contribution is 0.415. The van der Waals surface area contributed by atoms with Crippen LogP contribution in [0.2, 0.25) is 0 Å². The average Bonchev–Trinajstić information content (AvgIpc) is 2.43. The molecule has 0 aliphatic carbocycles. The molecule has 61 valence electrons. The number of fused-ring (bicyclic) bond motifs is 1. The Labute approximate surface area is 70.8 Å². The zero-order valence-electron chi connectivity index (χ0n) is 6.83. The van der Waals surface area contributed by atoms with Crippen LogP contribution in [0.4, 0.5) is 0 Å². The van der Waals surface area contributed by atoms with E-state index in [2.05, 4.69) is 6.92 Å². The van der Waals surface area contributed by atoms with E-state index in [1.165, 1.54) is 0 Å². The van der Waals surface area contributed by atoms with Gasteiger partial charge in [0.2, 0.25) is 0 Å². The Morgan fingerprint density at radius 3 is 2.92 bits per heavy atom. The van der Waals surface area contributed by atoms with Crippen molar-refractivity contribution < 1.29 is 9.15 Å². The SMILES string of the molecule is [CH2]c1cc2cc(OC)ccc2o1. The zero-order chi connectivity index (χ0) is 8.55. The number of ether oxygens (including phenoxy) is 1. The zero-order valence-corrected chi connectivity index (χ0v) is 6.83. The molecule has 1 radical (unpaired) electrons. The maximum atomic E-state index is 5.30. The van der Waals surface area contributed by atoms with Crippen LogP contribution < -0.4 is 4.74 Å². The summed E-state index contributed by atoms with van der Waals surface area (Å²) in [5.41, 5.74) is 0.848. The van der Waals surface area contributed by atoms with Crippen LogP contribution in [-0.2, 0) is 0 Å². The minimum Gasteiger partial charge on any atom is -0.497 e. The van der Waals surface area contributed by atoms with Crippen LogP contribution in [0.5, 0.6) is 5.75 Å². The number of benzene rings is 1. The van der Waals surface area contributed by atoms with Crippen LogP contribution in [0.15, 0.2) is 28.7 Å². The van der Waals surface area contributed by atoms with Crippen LogP contribution in [0, 0.1) is 6.92 Å². The van der Waals surface area contributed by atoms with Gasteiger partial charge in [-0.15, -0.1) is 0 Å². The summed E-state index contributed by atoms with van der Waals surface area (Å²) in [6.07, 6.45) is 0. The molecule has 1 heterocycles. The molecule has 0 aliphatic rings. The lowest BCUT2D eigenvalue weighted by Gasteiger charge is -1.96. The number of methoxy groups -OCH3 is 1. The molecule has 0 fully saturated rings. The highest BCUT2D eigenvalue weighted by atomic mass is 16.5. The smallest absolute Gasteiger partial charge is 0.134 e. The first-order chi connectivity index (χ1) is 5.79. The van der Waals surface area contributed by atoms with Gasteiger partial charge >= 0.3 is 0 Å². The number of furan rings is 1. The first kappa shape index (κ1) is 7.22. The van der Waals surface area contributed by atoms with E-state index in [1.807, 2.05) is 24.3 Å². The van der Waals surface area contributed by atoms with Crippen LogP contribution in [-0.4, -0.2) is 7.11 Å². The van der Waals surface area contributed by atoms with Crippen LogP contribution >= 0.6 is 0 Å². The maximum absolute atomic E-state index is 5.30. The minimum atomic E-state index is 0.679. The summed E-state index contributed by atoms with van der Waals surface area (Å²) in [6.45, 7) is 3.71. The van der Waals surface area contributed by atoms with Gasteiger partial charge < -0.3 is 9.15 Å². The topological polar surface area (TPSA) is 22.4 Å². The highest BCUT2D eigenvalue weighted by Gasteiger charge is 2.00. The molecular weight excluding hydrogens is 152 g/mol. The largest absolute Gasteiger partial charge is 0.497 e. The van der Waals surface area contributed by atoms with E-state index in [-0.39, 0.29) is 0 Å². The van der Waals surface area contributed by atoms with Gasteiger partial charge in [-0.25, -0.2) is 0 Å². The van der Waals surface area contributed by atoms with Crippen molar-refractivity contribution >= 4 is 11.0 Å². The lowest BCUT2D eigenvalue weighted by Crippen LogP contribution is -1.79. The summed E-state index contributed by atoms with van der Waals surface area (Å²) in [4.78, 5) is 0. The summed E-state index contributed by atoms with van der Waals surface area (Å²) in [7, 11) is 1.65. The highest BCUT2D eigenvalue weighted by molar-refractivity contribution is 5.79. The Morgan fingerprint density at radius 1 is 1.33 bits per heavy atom. The fourth-order valence-electron chi connectivity index (χ4n) is 1.20. The van der Waals surface area contributed by atoms with E-state index >= 15 is 0 Å². The van der Waals surface area contributed by atoms with Crippen molar-refractivity contribution in [3.63, 3.8) is 0 Å². The van der Waals surface area contributed by atoms with Crippen molar-refractivity contribution in [2.45, 2.75) is 0 Å². The second kappa shape index (κ2) is 2.55. The predicted octanol–water partition coefficient (Wildman–Crippen LogP) is 2.62. The Kier molecular flexibility index (Phi) is 1.54. The van der Waals surface area contributed by atoms with Crippen molar-refractivity contribution in [3.05, 3.63) is 36.9 Å². The molecule has 0 saturated heterocycles. The van der Waals surface area contributed by atoms with Gasteiger partial charge in [-0.05, 0) is 24.3 Å². The van der Waals surface area contributed by atoms with Gasteiger partial charge in [-0.3, -0.25) is 0 Å². The van der Waals surface area contributed by atoms with E-state index in [0.717, 1.165) is 16.7 Å². The van der Waals surface area contributed by atoms with Crippen LogP contribution in [0.25, 0.3) is 11.0 Å². The molecule has 0 unspecified atom stereocenters. The first-order valence-electron chi connectivity index (χ1n) is 3.69. The summed E-state index contributed by atoms with van der Waals surface area (Å²) in [6, 6.07) is 7.56. The second-order valence-electron chi connectivity index (χ2n) is 2.62. The van der Waals surface area contributed by atoms with Gasteiger partial charge in [-0.1, -0.05) is 0 Å². The third kappa shape index (κ3) is 1.05. The summed E-state index contributed by atoms with van der Waals surface area (Å²) in [5, 5.41) is 1.03. The summed E-state index contributed by atoms with van der Waals surface area (Å²) >= 11 is 0. The van der Waals surface area contributed by atoms with Crippen LogP contribution in [0.3, 0.4) is 0 Å². The Bertz CT molecular complexity index is 401. The molecule has 1 aromatic carbocycles. The molecule has 0 aliphatic heterocycles. The van der Waals surface area contributed by atoms with Gasteiger partial charge in [-0.2, -0.15) is 0 Å². The molecule has 0 spiro atoms. The Balaban J connectivity index is 2.66. The third-order valence-electron chi connectivity index (χ3n) is 1.77. The highest BCUT2D eigenvalue weighted by Crippen LogP contribution is 2.23. The monoisotopic (exact) mass is 161 g/mol. The standard InChI is InChI=1S/C10H9O2/c1-7-5-8-6-9(11-2)3-4-10(8)12-7/h3-6H,1H2,2H3. The van der Waals surface area contributed by atoms with Crippen molar-refractivity contribution in [1.29, 1.82) is 0 Å². The van der Waals surface area contributed by atoms with E-state index in [9.17, 15) is 0 Å². The fourth-order valence-corrected chi connectivity index (χ4v) is 1.20. The predicted molar refractivity (Wildman–Crippen MR) is 47.2 cm³/mol. The molecule has 0 saturated carbocycles.